The number of hydrogen-bond acceptors (Lipinski definition) is 3. The maximum Gasteiger partial charge on any atom is 0.325 e. The molecule has 0 saturated heterocycles. The van der Waals surface area contributed by atoms with Crippen molar-refractivity contribution in [3.8, 4) is 0 Å². The van der Waals surface area contributed by atoms with E-state index in [1.54, 1.807) is 0 Å². The summed E-state index contributed by atoms with van der Waals surface area (Å²) in [6.07, 6.45) is 0.788. The number of nitrogens with two attached hydrogens (primary N) is 1. The fraction of sp³-hybridized carbons (Fsp3) is 0.778. The topological polar surface area (TPSA) is 92.4 Å². The molecule has 5 heteroatoms. The van der Waals surface area contributed by atoms with Gasteiger partial charge in [-0.25, -0.2) is 0 Å². The molecule has 82 valence electrons. The fourth-order valence-electron chi connectivity index (χ4n) is 0.884. The maximum atomic E-state index is 11.4. The van der Waals surface area contributed by atoms with Gasteiger partial charge in [-0.05, 0) is 12.8 Å². The highest BCUT2D eigenvalue weighted by atomic mass is 16.4. The first-order valence-electron chi connectivity index (χ1n) is 4.68. The Kier molecular flexibility index (Phi) is 5.15. The highest BCUT2D eigenvalue weighted by molar-refractivity contribution is 5.86. The van der Waals surface area contributed by atoms with Crippen LogP contribution in [0.15, 0.2) is 0 Å². The van der Waals surface area contributed by atoms with E-state index in [9.17, 15) is 9.59 Å². The van der Waals surface area contributed by atoms with Crippen molar-refractivity contribution in [2.75, 3.05) is 0 Å². The van der Waals surface area contributed by atoms with Crippen LogP contribution in [0.25, 0.3) is 0 Å². The summed E-state index contributed by atoms with van der Waals surface area (Å²) in [5.74, 6) is -1.42. The maximum absolute atomic E-state index is 11.4. The third-order valence-electron chi connectivity index (χ3n) is 2.29. The molecule has 0 saturated carbocycles. The molecule has 0 rings (SSSR count). The zero-order valence-electron chi connectivity index (χ0n) is 8.78. The summed E-state index contributed by atoms with van der Waals surface area (Å²) in [5.41, 5.74) is 5.61. The fourth-order valence-corrected chi connectivity index (χ4v) is 0.884. The number of carboxylic acid groups (broad SMARTS) is 1. The first kappa shape index (κ1) is 12.9. The Bertz CT molecular complexity index is 218. The molecule has 0 aromatic carbocycles. The van der Waals surface area contributed by atoms with Crippen molar-refractivity contribution < 1.29 is 14.7 Å². The molecular formula is C9H18N2O3. The minimum Gasteiger partial charge on any atom is -0.480 e. The standard InChI is InChI=1S/C9H18N2O3/c1-4-5(2)7(10)8(12)11-6(3)9(13)14/h5-7H,4,10H2,1-3H3,(H,11,12)(H,13,14)/t5-,6+,7-/m0/s1. The summed E-state index contributed by atoms with van der Waals surface area (Å²) >= 11 is 0. The van der Waals surface area contributed by atoms with Crippen LogP contribution in [0, 0.1) is 5.92 Å². The van der Waals surface area contributed by atoms with Crippen LogP contribution in [0.5, 0.6) is 0 Å². The van der Waals surface area contributed by atoms with Gasteiger partial charge in [0.1, 0.15) is 6.04 Å². The summed E-state index contributed by atoms with van der Waals surface area (Å²) in [5, 5.41) is 10.9. The molecule has 0 unspecified atom stereocenters. The highest BCUT2D eigenvalue weighted by Gasteiger charge is 2.22. The minimum atomic E-state index is -1.06. The van der Waals surface area contributed by atoms with Crippen LogP contribution in [0.4, 0.5) is 0 Å². The van der Waals surface area contributed by atoms with Crippen molar-refractivity contribution in [1.82, 2.24) is 5.32 Å². The molecule has 0 aromatic rings. The molecule has 0 fully saturated rings. The van der Waals surface area contributed by atoms with Crippen LogP contribution in [-0.2, 0) is 9.59 Å². The summed E-state index contributed by atoms with van der Waals surface area (Å²) in [7, 11) is 0. The molecule has 4 N–H and O–H groups in total. The largest absolute Gasteiger partial charge is 0.480 e. The molecule has 0 aliphatic carbocycles. The summed E-state index contributed by atoms with van der Waals surface area (Å²) in [4.78, 5) is 21.8. The smallest absolute Gasteiger partial charge is 0.325 e. The molecule has 14 heavy (non-hydrogen) atoms. The van der Waals surface area contributed by atoms with Crippen LogP contribution in [0.2, 0.25) is 0 Å². The zero-order valence-corrected chi connectivity index (χ0v) is 8.78. The van der Waals surface area contributed by atoms with Gasteiger partial charge in [-0.3, -0.25) is 9.59 Å². The molecule has 0 aromatic heterocycles. The molecule has 5 nitrogen and oxygen atoms in total. The van der Waals surface area contributed by atoms with Gasteiger partial charge in [0.25, 0.3) is 0 Å². The first-order chi connectivity index (χ1) is 6.40. The molecule has 3 atom stereocenters. The Hall–Kier alpha value is -1.10. The predicted molar refractivity (Wildman–Crippen MR) is 52.7 cm³/mol. The van der Waals surface area contributed by atoms with Crippen molar-refractivity contribution in [2.24, 2.45) is 11.7 Å². The van der Waals surface area contributed by atoms with E-state index in [1.165, 1.54) is 6.92 Å². The first-order valence-corrected chi connectivity index (χ1v) is 4.68. The van der Waals surface area contributed by atoms with Gasteiger partial charge in [0, 0.05) is 0 Å². The highest BCUT2D eigenvalue weighted by Crippen LogP contribution is 2.05. The Balaban J connectivity index is 4.14. The number of carboxylic acids is 1. The van der Waals surface area contributed by atoms with Crippen LogP contribution in [0.1, 0.15) is 27.2 Å². The number of rotatable bonds is 5. The lowest BCUT2D eigenvalue weighted by molar-refractivity contribution is -0.141. The van der Waals surface area contributed by atoms with Crippen LogP contribution < -0.4 is 11.1 Å². The van der Waals surface area contributed by atoms with Gasteiger partial charge in [-0.1, -0.05) is 20.3 Å². The van der Waals surface area contributed by atoms with Crippen LogP contribution >= 0.6 is 0 Å². The molecule has 0 aliphatic rings. The Morgan fingerprint density at radius 3 is 2.29 bits per heavy atom. The van der Waals surface area contributed by atoms with Gasteiger partial charge in [-0.2, -0.15) is 0 Å². The average molecular weight is 202 g/mol. The number of carbonyl (C=O) groups excluding carboxylic acids is 1. The average Bonchev–Trinajstić information content (AvgIpc) is 2.14. The van der Waals surface area contributed by atoms with Gasteiger partial charge in [0.15, 0.2) is 0 Å². The Labute approximate surface area is 83.7 Å². The van der Waals surface area contributed by atoms with Crippen molar-refractivity contribution in [2.45, 2.75) is 39.3 Å². The lowest BCUT2D eigenvalue weighted by atomic mass is 9.99. The summed E-state index contributed by atoms with van der Waals surface area (Å²) in [6, 6.07) is -1.53. The molecule has 0 aliphatic heterocycles. The van der Waals surface area contributed by atoms with E-state index >= 15 is 0 Å². The molecule has 1 amide bonds. The summed E-state index contributed by atoms with van der Waals surface area (Å²) < 4.78 is 0. The quantitative estimate of drug-likeness (QED) is 0.582. The van der Waals surface area contributed by atoms with Crippen LogP contribution in [0.3, 0.4) is 0 Å². The predicted octanol–water partition coefficient (Wildman–Crippen LogP) is -0.0509. The third kappa shape index (κ3) is 3.74. The van der Waals surface area contributed by atoms with E-state index in [1.807, 2.05) is 13.8 Å². The second kappa shape index (κ2) is 5.59. The van der Waals surface area contributed by atoms with Crippen molar-refractivity contribution in [3.63, 3.8) is 0 Å². The Morgan fingerprint density at radius 1 is 1.43 bits per heavy atom. The molecule has 0 heterocycles. The monoisotopic (exact) mass is 202 g/mol. The number of nitrogens with one attached hydrogen (secondary N) is 1. The van der Waals surface area contributed by atoms with Crippen molar-refractivity contribution in [1.29, 1.82) is 0 Å². The van der Waals surface area contributed by atoms with Crippen molar-refractivity contribution in [3.05, 3.63) is 0 Å². The number of amides is 1. The van der Waals surface area contributed by atoms with Gasteiger partial charge in [0.2, 0.25) is 5.91 Å². The van der Waals surface area contributed by atoms with E-state index in [0.717, 1.165) is 6.42 Å². The third-order valence-corrected chi connectivity index (χ3v) is 2.29. The van der Waals surface area contributed by atoms with Crippen molar-refractivity contribution >= 4 is 11.9 Å². The number of aliphatic carboxylic acids is 1. The zero-order chi connectivity index (χ0) is 11.3. The molecule has 0 bridgehead atoms. The Morgan fingerprint density at radius 2 is 1.93 bits per heavy atom. The van der Waals surface area contributed by atoms with Gasteiger partial charge >= 0.3 is 5.97 Å². The van der Waals surface area contributed by atoms with Gasteiger partial charge in [-0.15, -0.1) is 0 Å². The van der Waals surface area contributed by atoms with E-state index in [0.29, 0.717) is 0 Å². The second-order valence-electron chi connectivity index (χ2n) is 3.48. The molecule has 0 radical (unpaired) electrons. The summed E-state index contributed by atoms with van der Waals surface area (Å²) in [6.45, 7) is 5.19. The van der Waals surface area contributed by atoms with E-state index in [4.69, 9.17) is 10.8 Å². The van der Waals surface area contributed by atoms with E-state index < -0.39 is 24.0 Å². The van der Waals surface area contributed by atoms with Gasteiger partial charge < -0.3 is 16.2 Å². The number of hydrogen-bond donors (Lipinski definition) is 3. The minimum absolute atomic E-state index is 0.0518. The van der Waals surface area contributed by atoms with Crippen LogP contribution in [-0.4, -0.2) is 29.1 Å². The number of carbonyl (C=O) groups is 2. The lowest BCUT2D eigenvalue weighted by Gasteiger charge is -2.19. The van der Waals surface area contributed by atoms with E-state index in [2.05, 4.69) is 5.32 Å². The normalized spacial score (nSPS) is 16.9. The second-order valence-corrected chi connectivity index (χ2v) is 3.48. The van der Waals surface area contributed by atoms with E-state index in [-0.39, 0.29) is 5.92 Å². The molecular weight excluding hydrogens is 184 g/mol. The molecule has 0 spiro atoms. The SMILES string of the molecule is CC[C@H](C)[C@H](N)C(=O)N[C@H](C)C(=O)O. The lowest BCUT2D eigenvalue weighted by Crippen LogP contribution is -2.49. The van der Waals surface area contributed by atoms with Gasteiger partial charge in [0.05, 0.1) is 6.04 Å².